The summed E-state index contributed by atoms with van der Waals surface area (Å²) in [6.45, 7) is 0. The van der Waals surface area contributed by atoms with Crippen molar-refractivity contribution in [2.45, 2.75) is 0 Å². The molecule has 0 aliphatic heterocycles. The molecule has 0 spiro atoms. The first-order valence-electron chi connectivity index (χ1n) is 4.49. The van der Waals surface area contributed by atoms with Gasteiger partial charge in [-0.1, -0.05) is 6.07 Å². The minimum absolute atomic E-state index is 0.370. The number of nitrogens with zero attached hydrogens (tertiary/aromatic N) is 3. The van der Waals surface area contributed by atoms with Crippen molar-refractivity contribution >= 4 is 12.6 Å². The average molecular weight is 203 g/mol. The maximum Gasteiger partial charge on any atom is 0.490 e. The van der Waals surface area contributed by atoms with Gasteiger partial charge < -0.3 is 10.0 Å². The lowest BCUT2D eigenvalue weighted by Crippen LogP contribution is -2.29. The van der Waals surface area contributed by atoms with Crippen molar-refractivity contribution in [1.82, 2.24) is 14.8 Å². The summed E-state index contributed by atoms with van der Waals surface area (Å²) in [6, 6.07) is 5.16. The fourth-order valence-corrected chi connectivity index (χ4v) is 1.26. The van der Waals surface area contributed by atoms with E-state index >= 15 is 0 Å². The highest BCUT2D eigenvalue weighted by Crippen LogP contribution is 2.11. The molecular formula is C9H10BN3O2. The molecule has 76 valence electrons. The molecule has 0 bridgehead atoms. The molecule has 6 heteroatoms. The van der Waals surface area contributed by atoms with Crippen LogP contribution in [0.3, 0.4) is 0 Å². The zero-order chi connectivity index (χ0) is 10.8. The summed E-state index contributed by atoms with van der Waals surface area (Å²) in [7, 11) is 0.352. The van der Waals surface area contributed by atoms with Crippen molar-refractivity contribution in [3.8, 4) is 11.4 Å². The molecular weight excluding hydrogens is 193 g/mol. The smallest absolute Gasteiger partial charge is 0.423 e. The van der Waals surface area contributed by atoms with Gasteiger partial charge in [0.1, 0.15) is 5.69 Å². The Kier molecular flexibility index (Phi) is 2.53. The summed E-state index contributed by atoms with van der Waals surface area (Å²) in [5.41, 5.74) is 1.84. The highest BCUT2D eigenvalue weighted by Gasteiger charge is 2.11. The van der Waals surface area contributed by atoms with Crippen molar-refractivity contribution in [3.63, 3.8) is 0 Å². The van der Waals surface area contributed by atoms with Crippen molar-refractivity contribution in [2.75, 3.05) is 0 Å². The van der Waals surface area contributed by atoms with Crippen LogP contribution in [0.25, 0.3) is 11.4 Å². The number of hydrogen-bond donors (Lipinski definition) is 2. The molecule has 2 aromatic heterocycles. The second-order valence-electron chi connectivity index (χ2n) is 3.23. The predicted molar refractivity (Wildman–Crippen MR) is 56.3 cm³/mol. The van der Waals surface area contributed by atoms with Crippen LogP contribution >= 0.6 is 0 Å². The van der Waals surface area contributed by atoms with Gasteiger partial charge in [-0.25, -0.2) is 0 Å². The summed E-state index contributed by atoms with van der Waals surface area (Å²) in [5.74, 6) is 0. The van der Waals surface area contributed by atoms with E-state index in [0.717, 1.165) is 5.69 Å². The first-order valence-corrected chi connectivity index (χ1v) is 4.49. The van der Waals surface area contributed by atoms with E-state index in [0.29, 0.717) is 11.2 Å². The number of aryl methyl sites for hydroxylation is 1. The van der Waals surface area contributed by atoms with E-state index in [9.17, 15) is 0 Å². The Morgan fingerprint density at radius 2 is 2.00 bits per heavy atom. The van der Waals surface area contributed by atoms with Crippen LogP contribution in [0.4, 0.5) is 0 Å². The van der Waals surface area contributed by atoms with Crippen LogP contribution < -0.4 is 5.46 Å². The molecule has 0 aromatic carbocycles. The lowest BCUT2D eigenvalue weighted by molar-refractivity contribution is 0.425. The lowest BCUT2D eigenvalue weighted by Gasteiger charge is -1.99. The molecule has 0 fully saturated rings. The Hall–Kier alpha value is -1.66. The molecule has 2 aromatic rings. The van der Waals surface area contributed by atoms with Crippen LogP contribution in [-0.2, 0) is 7.05 Å². The van der Waals surface area contributed by atoms with Crippen LogP contribution in [0.2, 0.25) is 0 Å². The van der Waals surface area contributed by atoms with Crippen molar-refractivity contribution in [1.29, 1.82) is 0 Å². The summed E-state index contributed by atoms with van der Waals surface area (Å²) in [6.07, 6.45) is 3.25. The van der Waals surface area contributed by atoms with Crippen molar-refractivity contribution in [2.24, 2.45) is 7.05 Å². The van der Waals surface area contributed by atoms with Gasteiger partial charge in [0, 0.05) is 24.9 Å². The van der Waals surface area contributed by atoms with E-state index in [-0.39, 0.29) is 0 Å². The van der Waals surface area contributed by atoms with Crippen LogP contribution in [0.5, 0.6) is 0 Å². The first-order chi connectivity index (χ1) is 7.16. The number of rotatable bonds is 2. The van der Waals surface area contributed by atoms with Gasteiger partial charge in [-0.05, 0) is 12.1 Å². The Morgan fingerprint density at radius 1 is 1.20 bits per heavy atom. The van der Waals surface area contributed by atoms with E-state index in [4.69, 9.17) is 10.0 Å². The highest BCUT2D eigenvalue weighted by atomic mass is 16.4. The molecule has 0 aliphatic rings. The van der Waals surface area contributed by atoms with E-state index < -0.39 is 7.12 Å². The van der Waals surface area contributed by atoms with Crippen molar-refractivity contribution < 1.29 is 10.0 Å². The van der Waals surface area contributed by atoms with Gasteiger partial charge in [0.05, 0.1) is 5.69 Å². The van der Waals surface area contributed by atoms with Gasteiger partial charge in [-0.15, -0.1) is 0 Å². The van der Waals surface area contributed by atoms with E-state index in [2.05, 4.69) is 10.1 Å². The summed E-state index contributed by atoms with van der Waals surface area (Å²) in [5, 5.41) is 22.0. The van der Waals surface area contributed by atoms with E-state index in [1.807, 2.05) is 19.3 Å². The minimum atomic E-state index is -1.48. The van der Waals surface area contributed by atoms with E-state index in [1.165, 1.54) is 6.20 Å². The molecule has 0 unspecified atom stereocenters. The second kappa shape index (κ2) is 3.84. The fourth-order valence-electron chi connectivity index (χ4n) is 1.26. The van der Waals surface area contributed by atoms with Crippen molar-refractivity contribution in [3.05, 3.63) is 30.6 Å². The third-order valence-electron chi connectivity index (χ3n) is 2.06. The molecule has 5 nitrogen and oxygen atoms in total. The Bertz CT molecular complexity index is 453. The first kappa shape index (κ1) is 9.88. The molecule has 0 saturated carbocycles. The van der Waals surface area contributed by atoms with Gasteiger partial charge in [0.25, 0.3) is 0 Å². The molecule has 2 heterocycles. The molecule has 15 heavy (non-hydrogen) atoms. The lowest BCUT2D eigenvalue weighted by atomic mass is 9.81. The molecule has 0 radical (unpaired) electrons. The van der Waals surface area contributed by atoms with Crippen LogP contribution in [0, 0.1) is 0 Å². The van der Waals surface area contributed by atoms with Crippen LogP contribution in [0.15, 0.2) is 30.6 Å². The normalized spacial score (nSPS) is 10.3. The standard InChI is InChI=1S/C9H10BN3O2/c1-13-5-4-9(12-13)8-3-2-7(6-11-8)10(14)15/h2-6,14-15H,1H3. The van der Waals surface area contributed by atoms with Gasteiger partial charge >= 0.3 is 7.12 Å². The monoisotopic (exact) mass is 203 g/mol. The number of aromatic nitrogens is 3. The zero-order valence-corrected chi connectivity index (χ0v) is 8.20. The fraction of sp³-hybridized carbons (Fsp3) is 0.111. The Labute approximate surface area is 87.2 Å². The van der Waals surface area contributed by atoms with Crippen LogP contribution in [0.1, 0.15) is 0 Å². The summed E-state index contributed by atoms with van der Waals surface area (Å²) >= 11 is 0. The quantitative estimate of drug-likeness (QED) is 0.624. The molecule has 2 N–H and O–H groups in total. The minimum Gasteiger partial charge on any atom is -0.423 e. The number of pyridine rings is 1. The molecule has 0 saturated heterocycles. The van der Waals surface area contributed by atoms with Crippen LogP contribution in [-0.4, -0.2) is 31.9 Å². The molecule has 2 rings (SSSR count). The zero-order valence-electron chi connectivity index (χ0n) is 8.20. The maximum atomic E-state index is 8.89. The SMILES string of the molecule is Cn1ccc(-c2ccc(B(O)O)cn2)n1. The Morgan fingerprint density at radius 3 is 2.47 bits per heavy atom. The van der Waals surface area contributed by atoms with Gasteiger partial charge in [-0.2, -0.15) is 5.10 Å². The predicted octanol–water partition coefficient (Wildman–Crippen LogP) is -0.838. The summed E-state index contributed by atoms with van der Waals surface area (Å²) < 4.78 is 1.69. The van der Waals surface area contributed by atoms with Gasteiger partial charge in [0.2, 0.25) is 0 Å². The average Bonchev–Trinajstić information content (AvgIpc) is 2.65. The van der Waals surface area contributed by atoms with E-state index in [1.54, 1.807) is 16.8 Å². The van der Waals surface area contributed by atoms with Gasteiger partial charge in [-0.3, -0.25) is 9.67 Å². The molecule has 0 atom stereocenters. The third-order valence-corrected chi connectivity index (χ3v) is 2.06. The van der Waals surface area contributed by atoms with Gasteiger partial charge in [0.15, 0.2) is 0 Å². The maximum absolute atomic E-state index is 8.89. The third kappa shape index (κ3) is 2.06. The molecule has 0 aliphatic carbocycles. The highest BCUT2D eigenvalue weighted by molar-refractivity contribution is 6.58. The molecule has 0 amide bonds. The second-order valence-corrected chi connectivity index (χ2v) is 3.23. The largest absolute Gasteiger partial charge is 0.490 e. The Balaban J connectivity index is 2.31. The number of hydrogen-bond acceptors (Lipinski definition) is 4. The summed E-state index contributed by atoms with van der Waals surface area (Å²) in [4.78, 5) is 4.09. The topological polar surface area (TPSA) is 71.2 Å².